The second kappa shape index (κ2) is 6.74. The molecule has 3 aliphatic rings. The zero-order valence-corrected chi connectivity index (χ0v) is 18.4. The van der Waals surface area contributed by atoms with Gasteiger partial charge in [-0.15, -0.1) is 0 Å². The van der Waals surface area contributed by atoms with E-state index in [0.29, 0.717) is 28.6 Å². The van der Waals surface area contributed by atoms with E-state index >= 15 is 0 Å². The van der Waals surface area contributed by atoms with Gasteiger partial charge < -0.3 is 10.0 Å². The first-order chi connectivity index (χ1) is 15.9. The number of benzene rings is 2. The van der Waals surface area contributed by atoms with Crippen LogP contribution in [0.2, 0.25) is 0 Å². The van der Waals surface area contributed by atoms with E-state index in [1.807, 2.05) is 32.0 Å². The summed E-state index contributed by atoms with van der Waals surface area (Å²) < 4.78 is 1.32. The monoisotopic (exact) mass is 444 g/mol. The van der Waals surface area contributed by atoms with Gasteiger partial charge >= 0.3 is 0 Å². The molecule has 33 heavy (non-hydrogen) atoms. The smallest absolute Gasteiger partial charge is 0.261 e. The number of carbonyl (C=O) groups excluding carboxylic acids is 2. The molecule has 168 valence electrons. The van der Waals surface area contributed by atoms with E-state index < -0.39 is 23.9 Å². The summed E-state index contributed by atoms with van der Waals surface area (Å²) in [5, 5.41) is 12.5. The fraction of sp³-hybridized carbons (Fsp3) is 0.360. The molecule has 0 aliphatic carbocycles. The zero-order valence-electron chi connectivity index (χ0n) is 18.4. The lowest BCUT2D eigenvalue weighted by atomic mass is 9.81. The molecule has 8 nitrogen and oxygen atoms in total. The second-order valence-corrected chi connectivity index (χ2v) is 9.29. The predicted molar refractivity (Wildman–Crippen MR) is 121 cm³/mol. The maximum Gasteiger partial charge on any atom is 0.261 e. The van der Waals surface area contributed by atoms with Crippen molar-refractivity contribution >= 4 is 28.4 Å². The molecule has 0 unspecified atom stereocenters. The van der Waals surface area contributed by atoms with Crippen LogP contribution in [-0.4, -0.2) is 43.6 Å². The second-order valence-electron chi connectivity index (χ2n) is 9.29. The zero-order chi connectivity index (χ0) is 23.1. The molecule has 1 aromatic heterocycles. The highest BCUT2D eigenvalue weighted by atomic mass is 16.3. The maximum absolute atomic E-state index is 13.9. The molecule has 0 saturated carbocycles. The minimum Gasteiger partial charge on any atom is -0.381 e. The Balaban J connectivity index is 1.57. The van der Waals surface area contributed by atoms with Crippen LogP contribution in [-0.2, 0) is 15.2 Å². The summed E-state index contributed by atoms with van der Waals surface area (Å²) in [6, 6.07) is 12.6. The third-order valence-corrected chi connectivity index (χ3v) is 7.61. The summed E-state index contributed by atoms with van der Waals surface area (Å²) in [6.45, 7) is 3.92. The Bertz CT molecular complexity index is 1380. The van der Waals surface area contributed by atoms with Crippen LogP contribution in [0.25, 0.3) is 10.9 Å². The quantitative estimate of drug-likeness (QED) is 0.668. The minimum atomic E-state index is -1.49. The lowest BCUT2D eigenvalue weighted by Gasteiger charge is -2.45. The van der Waals surface area contributed by atoms with Gasteiger partial charge in [0.15, 0.2) is 0 Å². The van der Waals surface area contributed by atoms with Crippen molar-refractivity contribution in [3.05, 3.63) is 70.8 Å². The molecular weight excluding hydrogens is 420 g/mol. The summed E-state index contributed by atoms with van der Waals surface area (Å²) in [5.74, 6) is -0.623. The van der Waals surface area contributed by atoms with Crippen LogP contribution in [0.1, 0.15) is 38.3 Å². The number of para-hydroxylation sites is 2. The van der Waals surface area contributed by atoms with E-state index in [1.165, 1.54) is 15.8 Å². The van der Waals surface area contributed by atoms with Gasteiger partial charge in [-0.3, -0.25) is 23.9 Å². The van der Waals surface area contributed by atoms with Gasteiger partial charge in [0.2, 0.25) is 5.91 Å². The van der Waals surface area contributed by atoms with Gasteiger partial charge in [-0.25, -0.2) is 4.98 Å². The van der Waals surface area contributed by atoms with Gasteiger partial charge in [0, 0.05) is 12.0 Å². The number of aliphatic hydroxyl groups is 1. The molecule has 2 aromatic carbocycles. The van der Waals surface area contributed by atoms with E-state index in [4.69, 9.17) is 0 Å². The number of anilines is 1. The number of rotatable bonds is 3. The third-order valence-electron chi connectivity index (χ3n) is 7.61. The molecule has 3 aliphatic heterocycles. The van der Waals surface area contributed by atoms with Gasteiger partial charge in [-0.2, -0.15) is 0 Å². The Morgan fingerprint density at radius 2 is 1.82 bits per heavy atom. The number of aromatic nitrogens is 2. The number of piperidine rings is 1. The molecular formula is C25H24N4O4. The normalized spacial score (nSPS) is 28.9. The standard InChI is InChI=1S/C25H24N4O4/c1-3-14(2)20-23(32)28-18-11-7-5-9-16(18)25(33)12-19(22(31)29(20)24(25)28)27-13-26-17-10-6-4-8-15(17)21(27)30/h4-11,13-14,19-20,24,33H,3,12H2,1-2H3/t14-,19-,20-,24-,25+/m0/s1. The largest absolute Gasteiger partial charge is 0.381 e. The molecule has 3 aromatic rings. The Labute approximate surface area is 190 Å². The first-order valence-electron chi connectivity index (χ1n) is 11.3. The van der Waals surface area contributed by atoms with Gasteiger partial charge in [0.25, 0.3) is 11.5 Å². The fourth-order valence-electron chi connectivity index (χ4n) is 5.83. The number of amides is 2. The van der Waals surface area contributed by atoms with E-state index in [9.17, 15) is 19.5 Å². The average Bonchev–Trinajstić information content (AvgIpc) is 3.29. The van der Waals surface area contributed by atoms with Crippen molar-refractivity contribution in [2.75, 3.05) is 4.90 Å². The molecule has 0 radical (unpaired) electrons. The molecule has 1 N–H and O–H groups in total. The maximum atomic E-state index is 13.9. The highest BCUT2D eigenvalue weighted by Gasteiger charge is 2.67. The number of carbonyl (C=O) groups is 2. The molecule has 4 heterocycles. The van der Waals surface area contributed by atoms with E-state index in [1.54, 1.807) is 35.2 Å². The Morgan fingerprint density at radius 1 is 1.09 bits per heavy atom. The number of hydrogen-bond donors (Lipinski definition) is 1. The molecule has 0 spiro atoms. The van der Waals surface area contributed by atoms with Crippen LogP contribution < -0.4 is 10.5 Å². The predicted octanol–water partition coefficient (Wildman–Crippen LogP) is 2.16. The van der Waals surface area contributed by atoms with Crippen LogP contribution in [0.3, 0.4) is 0 Å². The molecule has 5 atom stereocenters. The molecule has 2 amide bonds. The minimum absolute atomic E-state index is 0.0130. The Morgan fingerprint density at radius 3 is 2.61 bits per heavy atom. The van der Waals surface area contributed by atoms with Crippen molar-refractivity contribution < 1.29 is 14.7 Å². The molecule has 2 saturated heterocycles. The van der Waals surface area contributed by atoms with Crippen LogP contribution in [0.15, 0.2) is 59.7 Å². The first kappa shape index (κ1) is 20.1. The van der Waals surface area contributed by atoms with Gasteiger partial charge in [0.1, 0.15) is 23.9 Å². The van der Waals surface area contributed by atoms with Crippen LogP contribution in [0.5, 0.6) is 0 Å². The van der Waals surface area contributed by atoms with Crippen molar-refractivity contribution in [3.8, 4) is 0 Å². The highest BCUT2D eigenvalue weighted by Crippen LogP contribution is 2.56. The summed E-state index contributed by atoms with van der Waals surface area (Å²) in [7, 11) is 0. The summed E-state index contributed by atoms with van der Waals surface area (Å²) in [4.78, 5) is 48.4. The van der Waals surface area contributed by atoms with E-state index in [2.05, 4.69) is 4.98 Å². The van der Waals surface area contributed by atoms with Crippen molar-refractivity contribution in [1.29, 1.82) is 0 Å². The van der Waals surface area contributed by atoms with Gasteiger partial charge in [-0.1, -0.05) is 50.6 Å². The van der Waals surface area contributed by atoms with Crippen molar-refractivity contribution in [1.82, 2.24) is 14.5 Å². The van der Waals surface area contributed by atoms with Crippen LogP contribution in [0, 0.1) is 5.92 Å². The van der Waals surface area contributed by atoms with E-state index in [0.717, 1.165) is 0 Å². The molecule has 8 heteroatoms. The molecule has 0 bridgehead atoms. The summed E-state index contributed by atoms with van der Waals surface area (Å²) in [5.41, 5.74) is -0.0453. The van der Waals surface area contributed by atoms with E-state index in [-0.39, 0.29) is 29.7 Å². The fourth-order valence-corrected chi connectivity index (χ4v) is 5.83. The van der Waals surface area contributed by atoms with Crippen LogP contribution >= 0.6 is 0 Å². The highest BCUT2D eigenvalue weighted by molar-refractivity contribution is 6.07. The molecule has 6 rings (SSSR count). The Hall–Kier alpha value is -3.52. The van der Waals surface area contributed by atoms with Gasteiger partial charge in [0.05, 0.1) is 22.9 Å². The van der Waals surface area contributed by atoms with Crippen LogP contribution in [0.4, 0.5) is 5.69 Å². The number of fused-ring (bicyclic) bond motifs is 4. The average molecular weight is 444 g/mol. The summed E-state index contributed by atoms with van der Waals surface area (Å²) >= 11 is 0. The number of nitrogens with zero attached hydrogens (tertiary/aromatic N) is 4. The first-order valence-corrected chi connectivity index (χ1v) is 11.3. The van der Waals surface area contributed by atoms with Gasteiger partial charge in [-0.05, 0) is 24.1 Å². The molecule has 2 fully saturated rings. The SMILES string of the molecule is CC[C@H](C)[C@H]1C(=O)N2c3ccccc3[C@]3(O)C[C@H](n4cnc5ccccc5c4=O)C(=O)N1[C@H]23. The lowest BCUT2D eigenvalue weighted by molar-refractivity contribution is -0.160. The third kappa shape index (κ3) is 2.44. The summed E-state index contributed by atoms with van der Waals surface area (Å²) in [6.07, 6.45) is 1.25. The van der Waals surface area contributed by atoms with Crippen molar-refractivity contribution in [3.63, 3.8) is 0 Å². The van der Waals surface area contributed by atoms with Crippen molar-refractivity contribution in [2.24, 2.45) is 5.92 Å². The number of hydrogen-bond acceptors (Lipinski definition) is 5. The van der Waals surface area contributed by atoms with Crippen molar-refractivity contribution in [2.45, 2.75) is 50.5 Å². The topological polar surface area (TPSA) is 95.7 Å². The lowest BCUT2D eigenvalue weighted by Crippen LogP contribution is -2.62. The Kier molecular flexibility index (Phi) is 4.11.